The smallest absolute Gasteiger partial charge is 0.223 e. The molecule has 4 nitrogen and oxygen atoms in total. The molecular formula is C22H23NO3. The molecule has 0 aromatic heterocycles. The maximum absolute atomic E-state index is 13.1. The highest BCUT2D eigenvalue weighted by atomic mass is 16.5. The summed E-state index contributed by atoms with van der Waals surface area (Å²) in [4.78, 5) is 27.8. The van der Waals surface area contributed by atoms with Gasteiger partial charge in [0.25, 0.3) is 0 Å². The van der Waals surface area contributed by atoms with Crippen LogP contribution in [0, 0.1) is 5.92 Å². The molecule has 0 radical (unpaired) electrons. The minimum atomic E-state index is -0.340. The Morgan fingerprint density at radius 1 is 1.15 bits per heavy atom. The monoisotopic (exact) mass is 349 g/mol. The van der Waals surface area contributed by atoms with Crippen LogP contribution in [-0.2, 0) is 10.2 Å². The number of carbonyl (C=O) groups is 2. The largest absolute Gasteiger partial charge is 0.497 e. The molecule has 1 fully saturated rings. The summed E-state index contributed by atoms with van der Waals surface area (Å²) in [5, 5.41) is 0. The molecule has 26 heavy (non-hydrogen) atoms. The predicted octanol–water partition coefficient (Wildman–Crippen LogP) is 3.76. The molecule has 134 valence electrons. The average Bonchev–Trinajstić information content (AvgIpc) is 2.97. The SMILES string of the molecule is COc1ccc2c(c1)C(C)(C)CN1C(=O)C[C@@H](C(=O)c3ccccc3)[C@H]21. The van der Waals surface area contributed by atoms with Crippen molar-refractivity contribution in [3.05, 3.63) is 65.2 Å². The van der Waals surface area contributed by atoms with Crippen LogP contribution < -0.4 is 4.74 Å². The van der Waals surface area contributed by atoms with Crippen molar-refractivity contribution in [2.24, 2.45) is 5.92 Å². The van der Waals surface area contributed by atoms with Crippen molar-refractivity contribution < 1.29 is 14.3 Å². The van der Waals surface area contributed by atoms with Crippen molar-refractivity contribution in [2.75, 3.05) is 13.7 Å². The van der Waals surface area contributed by atoms with Gasteiger partial charge in [-0.05, 0) is 23.3 Å². The van der Waals surface area contributed by atoms with Gasteiger partial charge in [-0.3, -0.25) is 9.59 Å². The Balaban J connectivity index is 1.81. The molecule has 2 aromatic carbocycles. The first-order chi connectivity index (χ1) is 12.4. The Morgan fingerprint density at radius 2 is 1.88 bits per heavy atom. The standard InChI is InChI=1S/C22H23NO3/c1-22(2)13-23-19(24)12-17(21(25)14-7-5-4-6-8-14)20(23)16-10-9-15(26-3)11-18(16)22/h4-11,17,20H,12-13H2,1-3H3/t17-,20+/m1/s1. The van der Waals surface area contributed by atoms with E-state index in [1.165, 1.54) is 5.56 Å². The van der Waals surface area contributed by atoms with Gasteiger partial charge in [-0.2, -0.15) is 0 Å². The van der Waals surface area contributed by atoms with Gasteiger partial charge in [0.1, 0.15) is 5.75 Å². The maximum atomic E-state index is 13.1. The summed E-state index contributed by atoms with van der Waals surface area (Å²) in [5.41, 5.74) is 2.73. The third kappa shape index (κ3) is 2.52. The molecule has 1 amide bonds. The van der Waals surface area contributed by atoms with Crippen LogP contribution in [0.15, 0.2) is 48.5 Å². The topological polar surface area (TPSA) is 46.6 Å². The zero-order chi connectivity index (χ0) is 18.5. The molecule has 4 rings (SSSR count). The van der Waals surface area contributed by atoms with E-state index in [1.807, 2.05) is 47.4 Å². The Kier molecular flexibility index (Phi) is 3.87. The summed E-state index contributed by atoms with van der Waals surface area (Å²) in [5.74, 6) is 0.584. The molecular weight excluding hydrogens is 326 g/mol. The van der Waals surface area contributed by atoms with Crippen molar-refractivity contribution in [3.8, 4) is 5.75 Å². The first kappa shape index (κ1) is 16.8. The number of Topliss-reactive ketones (excluding diaryl/α,β-unsaturated/α-hetero) is 1. The van der Waals surface area contributed by atoms with Crippen LogP contribution in [0.25, 0.3) is 0 Å². The Hall–Kier alpha value is -2.62. The lowest BCUT2D eigenvalue weighted by Gasteiger charge is -2.43. The number of carbonyl (C=O) groups excluding carboxylic acids is 2. The van der Waals surface area contributed by atoms with E-state index in [9.17, 15) is 9.59 Å². The number of methoxy groups -OCH3 is 1. The first-order valence-corrected chi connectivity index (χ1v) is 8.99. The van der Waals surface area contributed by atoms with Crippen LogP contribution in [0.5, 0.6) is 5.75 Å². The van der Waals surface area contributed by atoms with Crippen molar-refractivity contribution in [2.45, 2.75) is 31.7 Å². The van der Waals surface area contributed by atoms with Crippen molar-refractivity contribution >= 4 is 11.7 Å². The summed E-state index contributed by atoms with van der Waals surface area (Å²) in [6, 6.07) is 15.1. The Bertz CT molecular complexity index is 872. The summed E-state index contributed by atoms with van der Waals surface area (Å²) in [6.07, 6.45) is 0.278. The summed E-state index contributed by atoms with van der Waals surface area (Å²) >= 11 is 0. The fraction of sp³-hybridized carbons (Fsp3) is 0.364. The third-order valence-corrected chi connectivity index (χ3v) is 5.70. The van der Waals surface area contributed by atoms with Gasteiger partial charge in [-0.25, -0.2) is 0 Å². The molecule has 2 heterocycles. The number of ether oxygens (including phenoxy) is 1. The lowest BCUT2D eigenvalue weighted by molar-refractivity contribution is -0.130. The van der Waals surface area contributed by atoms with Gasteiger partial charge in [-0.15, -0.1) is 0 Å². The third-order valence-electron chi connectivity index (χ3n) is 5.70. The van der Waals surface area contributed by atoms with Gasteiger partial charge >= 0.3 is 0 Å². The molecule has 0 spiro atoms. The van der Waals surface area contributed by atoms with Gasteiger partial charge in [0.05, 0.1) is 19.1 Å². The van der Waals surface area contributed by atoms with Gasteiger partial charge in [0.2, 0.25) is 5.91 Å². The lowest BCUT2D eigenvalue weighted by atomic mass is 9.73. The number of rotatable bonds is 3. The molecule has 1 saturated heterocycles. The van der Waals surface area contributed by atoms with E-state index in [0.717, 1.165) is 11.3 Å². The zero-order valence-corrected chi connectivity index (χ0v) is 15.4. The number of hydrogen-bond acceptors (Lipinski definition) is 3. The summed E-state index contributed by atoms with van der Waals surface area (Å²) in [7, 11) is 1.66. The molecule has 2 aromatic rings. The molecule has 2 atom stereocenters. The van der Waals surface area contributed by atoms with Crippen LogP contribution in [0.2, 0.25) is 0 Å². The second kappa shape index (κ2) is 5.97. The molecule has 0 unspecified atom stereocenters. The van der Waals surface area contributed by atoms with Crippen molar-refractivity contribution in [1.82, 2.24) is 4.90 Å². The minimum absolute atomic E-state index is 0.0490. The summed E-state index contributed by atoms with van der Waals surface area (Å²) < 4.78 is 5.40. The number of hydrogen-bond donors (Lipinski definition) is 0. The van der Waals surface area contributed by atoms with Crippen LogP contribution in [-0.4, -0.2) is 30.2 Å². The fourth-order valence-electron chi connectivity index (χ4n) is 4.43. The van der Waals surface area contributed by atoms with E-state index in [0.29, 0.717) is 12.1 Å². The van der Waals surface area contributed by atoms with Gasteiger partial charge in [-0.1, -0.05) is 50.2 Å². The van der Waals surface area contributed by atoms with Gasteiger partial charge < -0.3 is 9.64 Å². The first-order valence-electron chi connectivity index (χ1n) is 8.99. The van der Waals surface area contributed by atoms with Gasteiger partial charge in [0, 0.05) is 23.9 Å². The zero-order valence-electron chi connectivity index (χ0n) is 15.4. The molecule has 2 aliphatic rings. The number of nitrogens with zero attached hydrogens (tertiary/aromatic N) is 1. The second-order valence-electron chi connectivity index (χ2n) is 7.84. The van der Waals surface area contributed by atoms with E-state index in [1.54, 1.807) is 7.11 Å². The van der Waals surface area contributed by atoms with Crippen molar-refractivity contribution in [3.63, 3.8) is 0 Å². The highest BCUT2D eigenvalue weighted by Gasteiger charge is 2.50. The molecule has 0 N–H and O–H groups in total. The lowest BCUT2D eigenvalue weighted by Crippen LogP contribution is -2.45. The van der Waals surface area contributed by atoms with Gasteiger partial charge in [0.15, 0.2) is 5.78 Å². The number of fused-ring (bicyclic) bond motifs is 3. The molecule has 2 aliphatic heterocycles. The summed E-state index contributed by atoms with van der Waals surface area (Å²) in [6.45, 7) is 4.90. The van der Waals surface area contributed by atoms with E-state index in [-0.39, 0.29) is 35.5 Å². The molecule has 0 saturated carbocycles. The highest BCUT2D eigenvalue weighted by molar-refractivity contribution is 6.02. The second-order valence-corrected chi connectivity index (χ2v) is 7.84. The number of benzene rings is 2. The average molecular weight is 349 g/mol. The van der Waals surface area contributed by atoms with E-state index in [4.69, 9.17) is 4.74 Å². The quantitative estimate of drug-likeness (QED) is 0.793. The number of ketones is 1. The molecule has 0 bridgehead atoms. The fourth-order valence-corrected chi connectivity index (χ4v) is 4.43. The van der Waals surface area contributed by atoms with Crippen LogP contribution in [0.3, 0.4) is 0 Å². The number of amides is 1. The Morgan fingerprint density at radius 3 is 2.58 bits per heavy atom. The van der Waals surface area contributed by atoms with Crippen LogP contribution in [0.4, 0.5) is 0 Å². The van der Waals surface area contributed by atoms with Crippen LogP contribution >= 0.6 is 0 Å². The van der Waals surface area contributed by atoms with E-state index in [2.05, 4.69) is 19.9 Å². The molecule has 4 heteroatoms. The minimum Gasteiger partial charge on any atom is -0.497 e. The highest BCUT2D eigenvalue weighted by Crippen LogP contribution is 2.49. The van der Waals surface area contributed by atoms with Crippen molar-refractivity contribution in [1.29, 1.82) is 0 Å². The normalized spacial score (nSPS) is 23.3. The maximum Gasteiger partial charge on any atom is 0.223 e. The van der Waals surface area contributed by atoms with E-state index < -0.39 is 0 Å². The predicted molar refractivity (Wildman–Crippen MR) is 99.4 cm³/mol. The van der Waals surface area contributed by atoms with E-state index >= 15 is 0 Å². The Labute approximate surface area is 153 Å². The van der Waals surface area contributed by atoms with Crippen LogP contribution in [0.1, 0.15) is 47.8 Å². The molecule has 0 aliphatic carbocycles.